The van der Waals surface area contributed by atoms with Crippen molar-refractivity contribution in [2.75, 3.05) is 4.90 Å². The Balaban J connectivity index is 1.27. The maximum absolute atomic E-state index is 2.51. The van der Waals surface area contributed by atoms with Crippen LogP contribution in [0.3, 0.4) is 0 Å². The van der Waals surface area contributed by atoms with E-state index in [9.17, 15) is 0 Å². The summed E-state index contributed by atoms with van der Waals surface area (Å²) in [6, 6.07) is 76.0. The molecule has 0 aromatic heterocycles. The van der Waals surface area contributed by atoms with Crippen LogP contribution < -0.4 is 4.90 Å². The molecule has 0 radical (unpaired) electrons. The summed E-state index contributed by atoms with van der Waals surface area (Å²) in [6.45, 7) is 0. The summed E-state index contributed by atoms with van der Waals surface area (Å²) in [5.74, 6) is 0. The Hall–Kier alpha value is -6.36. The lowest BCUT2D eigenvalue weighted by molar-refractivity contribution is 0.768. The van der Waals surface area contributed by atoms with Crippen molar-refractivity contribution in [3.8, 4) is 33.4 Å². The second-order valence-corrected chi connectivity index (χ2v) is 16.7. The summed E-state index contributed by atoms with van der Waals surface area (Å²) < 4.78 is 3.77. The summed E-state index contributed by atoms with van der Waals surface area (Å²) in [6.07, 6.45) is 6.61. The molecule has 0 bridgehead atoms. The molecular weight excluding hydrogens is 790 g/mol. The van der Waals surface area contributed by atoms with Crippen molar-refractivity contribution in [1.82, 2.24) is 0 Å². The SMILES string of the molecule is C1=CI=C(c2ccc(N(c3ccc(-c4ccccc4)cc3)c3cc4c(cc3-c3ccccc3)-c3ccccc3C4(c3ccccc3)c3ccccc3)cc2)C=C1. The Morgan fingerprint density at radius 2 is 0.893 bits per heavy atom. The van der Waals surface area contributed by atoms with Gasteiger partial charge in [0.2, 0.25) is 0 Å². The largest absolute Gasteiger partial charge is 0.310 e. The first kappa shape index (κ1) is 34.2. The van der Waals surface area contributed by atoms with Gasteiger partial charge in [-0.25, -0.2) is 0 Å². The lowest BCUT2D eigenvalue weighted by atomic mass is 9.67. The van der Waals surface area contributed by atoms with E-state index in [4.69, 9.17) is 0 Å². The molecule has 8 aromatic rings. The highest BCUT2D eigenvalue weighted by molar-refractivity contribution is 14.2. The van der Waals surface area contributed by atoms with E-state index in [1.807, 2.05) is 0 Å². The fourth-order valence-electron chi connectivity index (χ4n) is 8.62. The number of anilines is 3. The lowest BCUT2D eigenvalue weighted by Gasteiger charge is -2.35. The Kier molecular flexibility index (Phi) is 8.97. The van der Waals surface area contributed by atoms with Crippen molar-refractivity contribution in [2.45, 2.75) is 5.41 Å². The molecule has 0 saturated carbocycles. The summed E-state index contributed by atoms with van der Waals surface area (Å²) in [7, 11) is 0. The number of benzene rings is 8. The molecule has 2 heteroatoms. The highest BCUT2D eigenvalue weighted by atomic mass is 127. The molecule has 2 aliphatic rings. The lowest BCUT2D eigenvalue weighted by Crippen LogP contribution is -2.28. The minimum Gasteiger partial charge on any atom is -0.310 e. The number of rotatable bonds is 8. The van der Waals surface area contributed by atoms with E-state index in [-0.39, 0.29) is 20.7 Å². The first-order valence-electron chi connectivity index (χ1n) is 19.1. The predicted octanol–water partition coefficient (Wildman–Crippen LogP) is 14.4. The van der Waals surface area contributed by atoms with Crippen molar-refractivity contribution < 1.29 is 0 Å². The van der Waals surface area contributed by atoms with Gasteiger partial charge in [-0.2, -0.15) is 0 Å². The van der Waals surface area contributed by atoms with E-state index in [0.29, 0.717) is 0 Å². The molecule has 1 aliphatic carbocycles. The van der Waals surface area contributed by atoms with Crippen LogP contribution in [0.15, 0.2) is 229 Å². The van der Waals surface area contributed by atoms with Gasteiger partial charge in [-0.15, -0.1) is 0 Å². The zero-order valence-corrected chi connectivity index (χ0v) is 32.9. The fourth-order valence-corrected chi connectivity index (χ4v) is 10.6. The molecular formula is C54H38IN. The van der Waals surface area contributed by atoms with Crippen LogP contribution in [0.4, 0.5) is 17.1 Å². The maximum atomic E-state index is 2.51. The number of hydrogen-bond donors (Lipinski definition) is 0. The molecule has 8 aromatic carbocycles. The van der Waals surface area contributed by atoms with E-state index < -0.39 is 5.41 Å². The third-order valence-electron chi connectivity index (χ3n) is 11.1. The molecule has 10 rings (SSSR count). The molecule has 0 unspecified atom stereocenters. The second-order valence-electron chi connectivity index (χ2n) is 14.2. The number of allylic oxidation sites excluding steroid dienone is 3. The summed E-state index contributed by atoms with van der Waals surface area (Å²) in [5.41, 5.74) is 16.6. The Labute approximate surface area is 339 Å². The van der Waals surface area contributed by atoms with E-state index in [1.54, 1.807) is 0 Å². The van der Waals surface area contributed by atoms with Crippen molar-refractivity contribution in [2.24, 2.45) is 0 Å². The Morgan fingerprint density at radius 3 is 1.48 bits per heavy atom. The molecule has 56 heavy (non-hydrogen) atoms. The predicted molar refractivity (Wildman–Crippen MR) is 246 cm³/mol. The minimum absolute atomic E-state index is 0.154. The van der Waals surface area contributed by atoms with Crippen molar-refractivity contribution in [1.29, 1.82) is 0 Å². The fraction of sp³-hybridized carbons (Fsp3) is 0.0185. The van der Waals surface area contributed by atoms with Crippen LogP contribution in [0.2, 0.25) is 0 Å². The average molecular weight is 828 g/mol. The topological polar surface area (TPSA) is 3.24 Å². The maximum Gasteiger partial charge on any atom is 0.0714 e. The van der Waals surface area contributed by atoms with E-state index in [1.165, 1.54) is 64.7 Å². The van der Waals surface area contributed by atoms with Crippen LogP contribution in [0.5, 0.6) is 0 Å². The first-order valence-corrected chi connectivity index (χ1v) is 21.5. The Bertz CT molecular complexity index is 2710. The molecule has 1 aliphatic heterocycles. The summed E-state index contributed by atoms with van der Waals surface area (Å²) in [5, 5.41) is 0. The van der Waals surface area contributed by atoms with Crippen molar-refractivity contribution in [3.05, 3.63) is 256 Å². The number of hydrogen-bond acceptors (Lipinski definition) is 1. The van der Waals surface area contributed by atoms with Gasteiger partial charge < -0.3 is 4.90 Å². The monoisotopic (exact) mass is 827 g/mol. The molecule has 0 spiro atoms. The summed E-state index contributed by atoms with van der Waals surface area (Å²) >= 11 is -0.154. The molecule has 0 fully saturated rings. The second kappa shape index (κ2) is 14.7. The average Bonchev–Trinajstić information content (AvgIpc) is 3.58. The first-order chi connectivity index (χ1) is 27.8. The van der Waals surface area contributed by atoms with E-state index >= 15 is 0 Å². The third kappa shape index (κ3) is 5.89. The zero-order chi connectivity index (χ0) is 37.3. The standard InChI is InChI=1S/C54H38IN/c1-5-17-39(18-6-1)40-28-32-45(33-29-40)56(46-34-30-42(31-35-46)52-27-15-16-36-55-52)53-38-51-49(37-48(53)41-19-7-2-8-20-41)47-25-13-14-26-50(47)54(51,43-21-9-3-10-22-43)44-23-11-4-12-24-44/h1-38H. The van der Waals surface area contributed by atoms with Gasteiger partial charge in [0.25, 0.3) is 0 Å². The van der Waals surface area contributed by atoms with Crippen LogP contribution in [0, 0.1) is 0 Å². The number of halogens is 1. The van der Waals surface area contributed by atoms with Crippen LogP contribution in [0.1, 0.15) is 27.8 Å². The molecule has 0 N–H and O–H groups in total. The highest BCUT2D eigenvalue weighted by Crippen LogP contribution is 2.58. The molecule has 0 amide bonds. The van der Waals surface area contributed by atoms with Gasteiger partial charge in [-0.05, 0) is 102 Å². The Morgan fingerprint density at radius 1 is 0.375 bits per heavy atom. The quantitative estimate of drug-likeness (QED) is 0.138. The number of fused-ring (bicyclic) bond motifs is 3. The third-order valence-corrected chi connectivity index (χ3v) is 13.6. The molecule has 266 valence electrons. The van der Waals surface area contributed by atoms with Gasteiger partial charge in [-0.1, -0.05) is 203 Å². The van der Waals surface area contributed by atoms with E-state index in [2.05, 4.69) is 233 Å². The van der Waals surface area contributed by atoms with Crippen LogP contribution >= 0.6 is 20.7 Å². The van der Waals surface area contributed by atoms with Gasteiger partial charge in [-0.3, -0.25) is 0 Å². The van der Waals surface area contributed by atoms with Gasteiger partial charge in [0, 0.05) is 20.4 Å². The smallest absolute Gasteiger partial charge is 0.0714 e. The van der Waals surface area contributed by atoms with Gasteiger partial charge in [0.05, 0.1) is 11.1 Å². The normalized spacial score (nSPS) is 13.6. The van der Waals surface area contributed by atoms with Crippen LogP contribution in [-0.4, -0.2) is 3.51 Å². The van der Waals surface area contributed by atoms with Gasteiger partial charge in [0.1, 0.15) is 0 Å². The van der Waals surface area contributed by atoms with Gasteiger partial charge in [0.15, 0.2) is 0 Å². The molecule has 0 saturated heterocycles. The molecule has 1 nitrogen and oxygen atoms in total. The zero-order valence-electron chi connectivity index (χ0n) is 30.8. The van der Waals surface area contributed by atoms with E-state index in [0.717, 1.165) is 17.1 Å². The molecule has 0 atom stereocenters. The summed E-state index contributed by atoms with van der Waals surface area (Å²) in [4.78, 5) is 2.47. The molecule has 1 heterocycles. The van der Waals surface area contributed by atoms with Gasteiger partial charge >= 0.3 is 0 Å². The van der Waals surface area contributed by atoms with Crippen molar-refractivity contribution in [3.63, 3.8) is 0 Å². The highest BCUT2D eigenvalue weighted by Gasteiger charge is 2.46. The minimum atomic E-state index is -0.522. The van der Waals surface area contributed by atoms with Crippen LogP contribution in [0.25, 0.3) is 33.4 Å². The number of nitrogens with zero attached hydrogens (tertiary/aromatic N) is 1. The van der Waals surface area contributed by atoms with Crippen LogP contribution in [-0.2, 0) is 5.41 Å². The van der Waals surface area contributed by atoms with Crippen molar-refractivity contribution >= 4 is 41.3 Å².